The van der Waals surface area contributed by atoms with Gasteiger partial charge in [-0.15, -0.1) is 0 Å². The highest BCUT2D eigenvalue weighted by molar-refractivity contribution is 5.79. The molecule has 0 heterocycles. The molecule has 0 fully saturated rings. The molecule has 9 heteroatoms. The molecule has 3 N–H and O–H groups in total. The number of carbonyl (C=O) groups is 2. The Balaban J connectivity index is 1.31. The first-order valence-corrected chi connectivity index (χ1v) is 11.3. The van der Waals surface area contributed by atoms with Crippen LogP contribution in [0.4, 0.5) is 18.0 Å². The van der Waals surface area contributed by atoms with Gasteiger partial charge in [-0.25, -0.2) is 4.79 Å². The first kappa shape index (κ1) is 25.4. The number of aliphatic hydroxyl groups is 2. The number of hydrogen-bond acceptors (Lipinski definition) is 5. The van der Waals surface area contributed by atoms with E-state index in [1.165, 1.54) is 0 Å². The zero-order valence-electron chi connectivity index (χ0n) is 19.0. The molecule has 1 amide bonds. The fourth-order valence-corrected chi connectivity index (χ4v) is 4.43. The molecular formula is C27H24F3NO5. The van der Waals surface area contributed by atoms with Gasteiger partial charge in [-0.3, -0.25) is 4.79 Å². The lowest BCUT2D eigenvalue weighted by atomic mass is 9.97. The standard InChI is InChI=1S/C27H24F3NO5/c28-27(29,30)18-12-16(14-32)11-17(13-18)25(34)24(33)9-10-31-26(35)36-15-23-21-7-3-1-5-19(21)20-6-2-4-8-22(20)23/h1-8,11-14,23-25,33-34H,9-10,15H2,(H,31,35). The number of ether oxygens (including phenoxy) is 1. The lowest BCUT2D eigenvalue weighted by Gasteiger charge is -2.20. The van der Waals surface area contributed by atoms with Crippen LogP contribution in [0, 0.1) is 0 Å². The molecule has 36 heavy (non-hydrogen) atoms. The molecule has 0 aliphatic heterocycles. The minimum absolute atomic E-state index is 0.0889. The number of amides is 1. The second kappa shape index (κ2) is 10.5. The van der Waals surface area contributed by atoms with Gasteiger partial charge in [-0.05, 0) is 52.4 Å². The van der Waals surface area contributed by atoms with E-state index in [0.29, 0.717) is 12.1 Å². The van der Waals surface area contributed by atoms with Crippen molar-refractivity contribution in [1.29, 1.82) is 0 Å². The Bertz CT molecular complexity index is 1210. The van der Waals surface area contributed by atoms with E-state index in [9.17, 15) is 33.0 Å². The number of fused-ring (bicyclic) bond motifs is 3. The van der Waals surface area contributed by atoms with Crippen LogP contribution in [0.1, 0.15) is 51.1 Å². The number of benzene rings is 3. The van der Waals surface area contributed by atoms with Crippen molar-refractivity contribution >= 4 is 12.4 Å². The Labute approximate surface area is 205 Å². The van der Waals surface area contributed by atoms with Crippen LogP contribution in [-0.2, 0) is 10.9 Å². The van der Waals surface area contributed by atoms with Gasteiger partial charge in [0.05, 0.1) is 11.7 Å². The van der Waals surface area contributed by atoms with Crippen molar-refractivity contribution in [3.8, 4) is 11.1 Å². The molecule has 0 aromatic heterocycles. The third kappa shape index (κ3) is 5.42. The Morgan fingerprint density at radius 3 is 2.19 bits per heavy atom. The van der Waals surface area contributed by atoms with Crippen LogP contribution in [0.3, 0.4) is 0 Å². The van der Waals surface area contributed by atoms with Crippen LogP contribution in [0.5, 0.6) is 0 Å². The predicted molar refractivity (Wildman–Crippen MR) is 125 cm³/mol. The van der Waals surface area contributed by atoms with Gasteiger partial charge in [-0.2, -0.15) is 13.2 Å². The SMILES string of the molecule is O=Cc1cc(C(O)C(O)CCNC(=O)OCC2c3ccccc3-c3ccccc32)cc(C(F)(F)F)c1. The highest BCUT2D eigenvalue weighted by Gasteiger charge is 2.33. The van der Waals surface area contributed by atoms with Crippen molar-refractivity contribution < 1.29 is 37.7 Å². The molecule has 3 aromatic rings. The summed E-state index contributed by atoms with van der Waals surface area (Å²) < 4.78 is 44.6. The number of carbonyl (C=O) groups excluding carboxylic acids is 2. The van der Waals surface area contributed by atoms with Crippen molar-refractivity contribution in [2.45, 2.75) is 30.7 Å². The molecular weight excluding hydrogens is 475 g/mol. The summed E-state index contributed by atoms with van der Waals surface area (Å²) in [6, 6.07) is 18.2. The van der Waals surface area contributed by atoms with Gasteiger partial charge in [0.25, 0.3) is 0 Å². The van der Waals surface area contributed by atoms with Crippen LogP contribution in [0.15, 0.2) is 66.7 Å². The number of aldehydes is 1. The Morgan fingerprint density at radius 2 is 1.61 bits per heavy atom. The third-order valence-electron chi connectivity index (χ3n) is 6.20. The molecule has 6 nitrogen and oxygen atoms in total. The minimum atomic E-state index is -4.72. The average molecular weight is 499 g/mol. The van der Waals surface area contributed by atoms with Gasteiger partial charge >= 0.3 is 12.3 Å². The predicted octanol–water partition coefficient (Wildman–Crippen LogP) is 4.84. The first-order chi connectivity index (χ1) is 17.2. The maximum atomic E-state index is 13.1. The zero-order chi connectivity index (χ0) is 25.9. The van der Waals surface area contributed by atoms with E-state index in [0.717, 1.165) is 28.3 Å². The number of aliphatic hydroxyl groups excluding tert-OH is 2. The van der Waals surface area contributed by atoms with Gasteiger partial charge in [0.1, 0.15) is 19.0 Å². The average Bonchev–Trinajstić information content (AvgIpc) is 3.19. The zero-order valence-corrected chi connectivity index (χ0v) is 19.0. The second-order valence-electron chi connectivity index (χ2n) is 8.56. The molecule has 0 spiro atoms. The number of nitrogens with one attached hydrogen (secondary N) is 1. The second-order valence-corrected chi connectivity index (χ2v) is 8.56. The third-order valence-corrected chi connectivity index (χ3v) is 6.20. The summed E-state index contributed by atoms with van der Waals surface area (Å²) in [6.07, 6.45) is -8.53. The fourth-order valence-electron chi connectivity index (χ4n) is 4.43. The quantitative estimate of drug-likeness (QED) is 0.386. The highest BCUT2D eigenvalue weighted by atomic mass is 19.4. The van der Waals surface area contributed by atoms with Gasteiger partial charge in [-0.1, -0.05) is 48.5 Å². The van der Waals surface area contributed by atoms with E-state index in [2.05, 4.69) is 5.32 Å². The summed E-state index contributed by atoms with van der Waals surface area (Å²) in [4.78, 5) is 23.2. The molecule has 1 aliphatic carbocycles. The van der Waals surface area contributed by atoms with Crippen LogP contribution in [0.25, 0.3) is 11.1 Å². The summed E-state index contributed by atoms with van der Waals surface area (Å²) >= 11 is 0. The molecule has 0 bridgehead atoms. The normalized spacial score (nSPS) is 14.5. The Morgan fingerprint density at radius 1 is 1.00 bits per heavy atom. The van der Waals surface area contributed by atoms with E-state index in [1.54, 1.807) is 0 Å². The number of alkyl carbamates (subject to hydrolysis) is 1. The van der Waals surface area contributed by atoms with Crippen molar-refractivity contribution in [2.75, 3.05) is 13.2 Å². The topological polar surface area (TPSA) is 95.9 Å². The largest absolute Gasteiger partial charge is 0.449 e. The van der Waals surface area contributed by atoms with Crippen molar-refractivity contribution in [3.63, 3.8) is 0 Å². The molecule has 1 aliphatic rings. The maximum Gasteiger partial charge on any atom is 0.416 e. The summed E-state index contributed by atoms with van der Waals surface area (Å²) in [7, 11) is 0. The van der Waals surface area contributed by atoms with E-state index in [4.69, 9.17) is 4.74 Å². The van der Waals surface area contributed by atoms with Crippen LogP contribution in [0.2, 0.25) is 0 Å². The van der Waals surface area contributed by atoms with Crippen molar-refractivity contribution in [2.24, 2.45) is 0 Å². The molecule has 0 saturated heterocycles. The van der Waals surface area contributed by atoms with Crippen LogP contribution < -0.4 is 5.32 Å². The molecule has 2 atom stereocenters. The molecule has 0 saturated carbocycles. The number of halogens is 3. The van der Waals surface area contributed by atoms with Gasteiger partial charge in [0.2, 0.25) is 0 Å². The van der Waals surface area contributed by atoms with Gasteiger partial charge in [0.15, 0.2) is 0 Å². The highest BCUT2D eigenvalue weighted by Crippen LogP contribution is 2.44. The monoisotopic (exact) mass is 499 g/mol. The van der Waals surface area contributed by atoms with Gasteiger partial charge < -0.3 is 20.3 Å². The number of hydrogen-bond donors (Lipinski definition) is 3. The molecule has 3 aromatic carbocycles. The number of rotatable bonds is 8. The summed E-state index contributed by atoms with van der Waals surface area (Å²) in [5.74, 6) is -0.122. The Kier molecular flexibility index (Phi) is 7.42. The number of alkyl halides is 3. The fraction of sp³-hybridized carbons (Fsp3) is 0.259. The lowest BCUT2D eigenvalue weighted by molar-refractivity contribution is -0.137. The minimum Gasteiger partial charge on any atom is -0.449 e. The van der Waals surface area contributed by atoms with E-state index >= 15 is 0 Å². The molecule has 0 radical (unpaired) electrons. The smallest absolute Gasteiger partial charge is 0.416 e. The van der Waals surface area contributed by atoms with E-state index in [-0.39, 0.29) is 42.9 Å². The maximum absolute atomic E-state index is 13.1. The van der Waals surface area contributed by atoms with Crippen molar-refractivity contribution in [3.05, 3.63) is 94.5 Å². The van der Waals surface area contributed by atoms with Crippen LogP contribution in [-0.4, -0.2) is 41.8 Å². The van der Waals surface area contributed by atoms with E-state index in [1.807, 2.05) is 48.5 Å². The molecule has 188 valence electrons. The molecule has 4 rings (SSSR count). The summed E-state index contributed by atoms with van der Waals surface area (Å²) in [5, 5.41) is 23.1. The van der Waals surface area contributed by atoms with Crippen molar-refractivity contribution in [1.82, 2.24) is 5.32 Å². The van der Waals surface area contributed by atoms with E-state index < -0.39 is 30.0 Å². The molecule has 2 unspecified atom stereocenters. The van der Waals surface area contributed by atoms with Gasteiger partial charge in [0, 0.05) is 18.0 Å². The summed E-state index contributed by atoms with van der Waals surface area (Å²) in [6.45, 7) is 0.0120. The lowest BCUT2D eigenvalue weighted by Crippen LogP contribution is -2.30. The van der Waals surface area contributed by atoms with Crippen LogP contribution >= 0.6 is 0 Å². The Hall–Kier alpha value is -3.69. The summed E-state index contributed by atoms with van der Waals surface area (Å²) in [5.41, 5.74) is 2.66. The first-order valence-electron chi connectivity index (χ1n) is 11.3.